The van der Waals surface area contributed by atoms with Crippen molar-refractivity contribution in [2.24, 2.45) is 0 Å². The third-order valence-corrected chi connectivity index (χ3v) is 1.92. The first-order chi connectivity index (χ1) is 7.27. The molecular formula is C14H22O. The average Bonchev–Trinajstić information content (AvgIpc) is 2.65. The molecule has 0 amide bonds. The number of fused-ring (bicyclic) bond motifs is 1. The zero-order valence-corrected chi connectivity index (χ0v) is 10.7. The summed E-state index contributed by atoms with van der Waals surface area (Å²) >= 11 is 0. The van der Waals surface area contributed by atoms with Gasteiger partial charge in [0.15, 0.2) is 0 Å². The van der Waals surface area contributed by atoms with Gasteiger partial charge in [0.2, 0.25) is 0 Å². The second-order valence-electron chi connectivity index (χ2n) is 2.92. The minimum absolute atomic E-state index is 0.988. The number of hydrogen-bond donors (Lipinski definition) is 0. The Morgan fingerprint density at radius 1 is 0.933 bits per heavy atom. The Bertz CT molecular complexity index is 385. The van der Waals surface area contributed by atoms with Crippen LogP contribution in [-0.4, -0.2) is 0 Å². The zero-order valence-electron chi connectivity index (χ0n) is 10.7. The van der Waals surface area contributed by atoms with Gasteiger partial charge in [-0.3, -0.25) is 0 Å². The van der Waals surface area contributed by atoms with Gasteiger partial charge >= 0.3 is 0 Å². The second-order valence-corrected chi connectivity index (χ2v) is 2.92. The molecule has 1 nitrogen and oxygen atoms in total. The molecule has 2 rings (SSSR count). The van der Waals surface area contributed by atoms with E-state index in [0.717, 1.165) is 5.58 Å². The van der Waals surface area contributed by atoms with Gasteiger partial charge in [0.1, 0.15) is 5.58 Å². The van der Waals surface area contributed by atoms with Gasteiger partial charge < -0.3 is 4.42 Å². The predicted octanol–water partition coefficient (Wildman–Crippen LogP) is 5.10. The highest BCUT2D eigenvalue weighted by Gasteiger charge is 1.99. The summed E-state index contributed by atoms with van der Waals surface area (Å²) in [6.45, 7) is 12.1. The van der Waals surface area contributed by atoms with Crippen LogP contribution in [0.5, 0.6) is 0 Å². The molecule has 0 aliphatic rings. The number of hydrogen-bond acceptors (Lipinski definition) is 1. The van der Waals surface area contributed by atoms with Crippen LogP contribution >= 0.6 is 0 Å². The number of furan rings is 1. The summed E-state index contributed by atoms with van der Waals surface area (Å²) in [6.07, 6.45) is 1.80. The summed E-state index contributed by atoms with van der Waals surface area (Å²) in [6, 6.07) is 6.26. The van der Waals surface area contributed by atoms with Crippen LogP contribution in [0.15, 0.2) is 28.9 Å². The van der Waals surface area contributed by atoms with Crippen molar-refractivity contribution in [3.63, 3.8) is 0 Å². The first kappa shape index (κ1) is 13.8. The molecule has 0 aliphatic heterocycles. The SMILES string of the molecule is CC.CC.Cc1ccc2c(C)coc2c1. The molecule has 2 aromatic rings. The van der Waals surface area contributed by atoms with Gasteiger partial charge in [0.25, 0.3) is 0 Å². The highest BCUT2D eigenvalue weighted by atomic mass is 16.3. The molecule has 0 saturated heterocycles. The third kappa shape index (κ3) is 3.43. The standard InChI is InChI=1S/C10H10O.2C2H6/c1-7-3-4-9-8(2)6-11-10(9)5-7;2*1-2/h3-6H,1-2H3;2*1-2H3. The van der Waals surface area contributed by atoms with E-state index < -0.39 is 0 Å². The maximum absolute atomic E-state index is 5.33. The van der Waals surface area contributed by atoms with E-state index in [4.69, 9.17) is 4.42 Å². The van der Waals surface area contributed by atoms with Crippen molar-refractivity contribution in [1.29, 1.82) is 0 Å². The van der Waals surface area contributed by atoms with Crippen LogP contribution in [0.2, 0.25) is 0 Å². The molecular weight excluding hydrogens is 184 g/mol. The monoisotopic (exact) mass is 206 g/mol. The molecule has 0 bridgehead atoms. The van der Waals surface area contributed by atoms with E-state index >= 15 is 0 Å². The van der Waals surface area contributed by atoms with Crippen molar-refractivity contribution < 1.29 is 4.42 Å². The molecule has 1 heteroatoms. The van der Waals surface area contributed by atoms with Crippen molar-refractivity contribution in [2.45, 2.75) is 41.5 Å². The zero-order chi connectivity index (χ0) is 11.8. The average molecular weight is 206 g/mol. The van der Waals surface area contributed by atoms with Crippen molar-refractivity contribution in [2.75, 3.05) is 0 Å². The molecule has 1 heterocycles. The molecule has 0 fully saturated rings. The van der Waals surface area contributed by atoms with Gasteiger partial charge in [-0.2, -0.15) is 0 Å². The minimum Gasteiger partial charge on any atom is -0.464 e. The van der Waals surface area contributed by atoms with E-state index in [1.54, 1.807) is 6.26 Å². The Morgan fingerprint density at radius 3 is 2.13 bits per heavy atom. The molecule has 0 spiro atoms. The molecule has 1 aromatic heterocycles. The Kier molecular flexibility index (Phi) is 6.52. The molecule has 15 heavy (non-hydrogen) atoms. The maximum Gasteiger partial charge on any atom is 0.134 e. The molecule has 0 radical (unpaired) electrons. The lowest BCUT2D eigenvalue weighted by Crippen LogP contribution is -1.70. The Hall–Kier alpha value is -1.24. The van der Waals surface area contributed by atoms with Gasteiger partial charge in [-0.1, -0.05) is 39.8 Å². The number of aryl methyl sites for hydroxylation is 2. The maximum atomic E-state index is 5.33. The molecule has 1 aromatic carbocycles. The van der Waals surface area contributed by atoms with E-state index in [0.29, 0.717) is 0 Å². The molecule has 0 N–H and O–H groups in total. The van der Waals surface area contributed by atoms with E-state index in [9.17, 15) is 0 Å². The lowest BCUT2D eigenvalue weighted by atomic mass is 10.1. The summed E-state index contributed by atoms with van der Waals surface area (Å²) < 4.78 is 5.33. The van der Waals surface area contributed by atoms with Crippen LogP contribution in [0, 0.1) is 13.8 Å². The fraction of sp³-hybridized carbons (Fsp3) is 0.429. The lowest BCUT2D eigenvalue weighted by molar-refractivity contribution is 0.613. The van der Waals surface area contributed by atoms with Crippen LogP contribution in [0.25, 0.3) is 11.0 Å². The predicted molar refractivity (Wildman–Crippen MR) is 68.4 cm³/mol. The van der Waals surface area contributed by atoms with Crippen molar-refractivity contribution in [1.82, 2.24) is 0 Å². The summed E-state index contributed by atoms with van der Waals surface area (Å²) in [7, 11) is 0. The highest BCUT2D eigenvalue weighted by Crippen LogP contribution is 2.20. The largest absolute Gasteiger partial charge is 0.464 e. The van der Waals surface area contributed by atoms with Gasteiger partial charge in [-0.05, 0) is 31.0 Å². The normalized spacial score (nSPS) is 8.67. The van der Waals surface area contributed by atoms with E-state index in [-0.39, 0.29) is 0 Å². The molecule has 0 aliphatic carbocycles. The van der Waals surface area contributed by atoms with Gasteiger partial charge in [-0.15, -0.1) is 0 Å². The van der Waals surface area contributed by atoms with Crippen LogP contribution < -0.4 is 0 Å². The summed E-state index contributed by atoms with van der Waals surface area (Å²) in [5.74, 6) is 0. The summed E-state index contributed by atoms with van der Waals surface area (Å²) in [4.78, 5) is 0. The molecule has 84 valence electrons. The second kappa shape index (κ2) is 7.10. The molecule has 0 unspecified atom stereocenters. The topological polar surface area (TPSA) is 13.1 Å². The van der Waals surface area contributed by atoms with Crippen molar-refractivity contribution in [3.8, 4) is 0 Å². The molecule has 0 atom stereocenters. The Labute approximate surface area is 93.1 Å². The molecule has 0 saturated carbocycles. The summed E-state index contributed by atoms with van der Waals surface area (Å²) in [5.41, 5.74) is 3.44. The fourth-order valence-electron chi connectivity index (χ4n) is 1.27. The van der Waals surface area contributed by atoms with Crippen LogP contribution in [0.4, 0.5) is 0 Å². The minimum atomic E-state index is 0.988. The quantitative estimate of drug-likeness (QED) is 0.584. The third-order valence-electron chi connectivity index (χ3n) is 1.92. The first-order valence-electron chi connectivity index (χ1n) is 5.72. The van der Waals surface area contributed by atoms with Gasteiger partial charge in [-0.25, -0.2) is 0 Å². The number of rotatable bonds is 0. The Morgan fingerprint density at radius 2 is 1.53 bits per heavy atom. The Balaban J connectivity index is 0.000000442. The van der Waals surface area contributed by atoms with Gasteiger partial charge in [0, 0.05) is 5.39 Å². The summed E-state index contributed by atoms with van der Waals surface area (Å²) in [5, 5.41) is 1.22. The van der Waals surface area contributed by atoms with E-state index in [1.807, 2.05) is 27.7 Å². The van der Waals surface area contributed by atoms with Crippen LogP contribution in [-0.2, 0) is 0 Å². The van der Waals surface area contributed by atoms with Crippen LogP contribution in [0.1, 0.15) is 38.8 Å². The van der Waals surface area contributed by atoms with Crippen LogP contribution in [0.3, 0.4) is 0 Å². The van der Waals surface area contributed by atoms with Crippen molar-refractivity contribution in [3.05, 3.63) is 35.6 Å². The van der Waals surface area contributed by atoms with Crippen molar-refractivity contribution >= 4 is 11.0 Å². The first-order valence-corrected chi connectivity index (χ1v) is 5.72. The van der Waals surface area contributed by atoms with E-state index in [1.165, 1.54) is 16.5 Å². The van der Waals surface area contributed by atoms with Gasteiger partial charge in [0.05, 0.1) is 6.26 Å². The smallest absolute Gasteiger partial charge is 0.134 e. The lowest BCUT2D eigenvalue weighted by Gasteiger charge is -1.90. The fourth-order valence-corrected chi connectivity index (χ4v) is 1.27. The highest BCUT2D eigenvalue weighted by molar-refractivity contribution is 5.81. The number of benzene rings is 1. The van der Waals surface area contributed by atoms with E-state index in [2.05, 4.69) is 32.0 Å².